The van der Waals surface area contributed by atoms with Gasteiger partial charge in [0.15, 0.2) is 0 Å². The molecule has 0 amide bonds. The summed E-state index contributed by atoms with van der Waals surface area (Å²) >= 11 is 0. The molecule has 2 nitrogen and oxygen atoms in total. The molecule has 1 aliphatic carbocycles. The molecule has 0 unspecified atom stereocenters. The molecule has 0 aromatic heterocycles. The van der Waals surface area contributed by atoms with Crippen molar-refractivity contribution in [2.24, 2.45) is 11.1 Å². The van der Waals surface area contributed by atoms with E-state index in [1.807, 2.05) is 6.07 Å². The fourth-order valence-electron chi connectivity index (χ4n) is 2.18. The maximum absolute atomic E-state index is 5.84. The van der Waals surface area contributed by atoms with Crippen LogP contribution < -0.4 is 10.5 Å². The third-order valence-corrected chi connectivity index (χ3v) is 3.37. The summed E-state index contributed by atoms with van der Waals surface area (Å²) in [5, 5.41) is 0. The van der Waals surface area contributed by atoms with E-state index >= 15 is 0 Å². The number of nitrogens with two attached hydrogens (primary N) is 1. The second kappa shape index (κ2) is 3.95. The topological polar surface area (TPSA) is 35.2 Å². The van der Waals surface area contributed by atoms with Crippen LogP contribution in [0.3, 0.4) is 0 Å². The van der Waals surface area contributed by atoms with Crippen molar-refractivity contribution in [2.45, 2.75) is 20.3 Å². The lowest BCUT2D eigenvalue weighted by Crippen LogP contribution is -2.24. The van der Waals surface area contributed by atoms with Crippen LogP contribution >= 0.6 is 0 Å². The molecule has 0 radical (unpaired) electrons. The summed E-state index contributed by atoms with van der Waals surface area (Å²) in [7, 11) is 1.70. The fraction of sp³-hybridized carbons (Fsp3) is 0.429. The molecule has 0 saturated carbocycles. The molecule has 0 spiro atoms. The van der Waals surface area contributed by atoms with E-state index in [9.17, 15) is 0 Å². The molecule has 0 heterocycles. The van der Waals surface area contributed by atoms with Gasteiger partial charge in [0.2, 0.25) is 0 Å². The Hall–Kier alpha value is -1.28. The molecule has 2 heteroatoms. The van der Waals surface area contributed by atoms with Crippen LogP contribution in [-0.2, 0) is 6.42 Å². The van der Waals surface area contributed by atoms with Gasteiger partial charge in [0.25, 0.3) is 0 Å². The number of ether oxygens (including phenoxy) is 1. The van der Waals surface area contributed by atoms with Gasteiger partial charge in [-0.3, -0.25) is 0 Å². The maximum atomic E-state index is 5.84. The normalized spacial score (nSPS) is 14.6. The lowest BCUT2D eigenvalue weighted by Gasteiger charge is -2.25. The van der Waals surface area contributed by atoms with Crippen LogP contribution in [0, 0.1) is 5.41 Å². The Morgan fingerprint density at radius 1 is 1.38 bits per heavy atom. The molecule has 0 fully saturated rings. The number of allylic oxidation sites excluding steroid dienone is 1. The molecular weight excluding hydrogens is 198 g/mol. The first kappa shape index (κ1) is 11.2. The predicted octanol–water partition coefficient (Wildman–Crippen LogP) is 2.62. The minimum absolute atomic E-state index is 0.0393. The van der Waals surface area contributed by atoms with Crippen molar-refractivity contribution in [3.63, 3.8) is 0 Å². The average Bonchev–Trinajstić information content (AvgIpc) is 2.72. The monoisotopic (exact) mass is 217 g/mol. The first-order chi connectivity index (χ1) is 7.58. The molecule has 1 aromatic carbocycles. The Kier molecular flexibility index (Phi) is 2.76. The van der Waals surface area contributed by atoms with Gasteiger partial charge in [-0.1, -0.05) is 26.0 Å². The lowest BCUT2D eigenvalue weighted by molar-refractivity contribution is 0.414. The molecule has 0 atom stereocenters. The van der Waals surface area contributed by atoms with E-state index in [1.165, 1.54) is 16.7 Å². The molecule has 2 N–H and O–H groups in total. The van der Waals surface area contributed by atoms with Gasteiger partial charge in [-0.05, 0) is 35.3 Å². The smallest absolute Gasteiger partial charge is 0.119 e. The van der Waals surface area contributed by atoms with E-state index < -0.39 is 0 Å². The first-order valence-corrected chi connectivity index (χ1v) is 5.66. The van der Waals surface area contributed by atoms with E-state index in [1.54, 1.807) is 7.11 Å². The van der Waals surface area contributed by atoms with Crippen molar-refractivity contribution in [3.05, 3.63) is 35.4 Å². The number of benzene rings is 1. The summed E-state index contributed by atoms with van der Waals surface area (Å²) in [4.78, 5) is 0. The highest BCUT2D eigenvalue weighted by Gasteiger charge is 2.27. The summed E-state index contributed by atoms with van der Waals surface area (Å²) in [5.74, 6) is 0.916. The van der Waals surface area contributed by atoms with Crippen molar-refractivity contribution < 1.29 is 4.74 Å². The number of rotatable bonds is 3. The quantitative estimate of drug-likeness (QED) is 0.844. The molecule has 0 saturated heterocycles. The van der Waals surface area contributed by atoms with Crippen LogP contribution in [0.15, 0.2) is 24.3 Å². The third-order valence-electron chi connectivity index (χ3n) is 3.37. The molecule has 1 aromatic rings. The molecule has 86 valence electrons. The average molecular weight is 217 g/mol. The second-order valence-corrected chi connectivity index (χ2v) is 4.93. The first-order valence-electron chi connectivity index (χ1n) is 5.66. The van der Waals surface area contributed by atoms with Crippen LogP contribution in [0.4, 0.5) is 0 Å². The highest BCUT2D eigenvalue weighted by molar-refractivity contribution is 5.77. The Bertz CT molecular complexity index is 432. The SMILES string of the molecule is COc1ccc2c(c1)C(C(C)(C)CN)=CC2. The van der Waals surface area contributed by atoms with Gasteiger partial charge in [0.05, 0.1) is 7.11 Å². The van der Waals surface area contributed by atoms with Crippen molar-refractivity contribution in [2.75, 3.05) is 13.7 Å². The highest BCUT2D eigenvalue weighted by Crippen LogP contribution is 2.41. The van der Waals surface area contributed by atoms with E-state index in [0.717, 1.165) is 12.2 Å². The van der Waals surface area contributed by atoms with Crippen LogP contribution in [0.25, 0.3) is 5.57 Å². The second-order valence-electron chi connectivity index (χ2n) is 4.93. The Labute approximate surface area is 97.1 Å². The minimum Gasteiger partial charge on any atom is -0.497 e. The standard InChI is InChI=1S/C14H19NO/c1-14(2,9-15)13-7-5-10-4-6-11(16-3)8-12(10)13/h4,6-8H,5,9,15H2,1-3H3. The Balaban J connectivity index is 2.44. The van der Waals surface area contributed by atoms with Crippen molar-refractivity contribution >= 4 is 5.57 Å². The van der Waals surface area contributed by atoms with Gasteiger partial charge in [-0.25, -0.2) is 0 Å². The maximum Gasteiger partial charge on any atom is 0.119 e. The van der Waals surface area contributed by atoms with Crippen molar-refractivity contribution in [1.29, 1.82) is 0 Å². The van der Waals surface area contributed by atoms with Gasteiger partial charge < -0.3 is 10.5 Å². The number of methoxy groups -OCH3 is 1. The zero-order valence-electron chi connectivity index (χ0n) is 10.2. The van der Waals surface area contributed by atoms with E-state index in [4.69, 9.17) is 10.5 Å². The molecular formula is C14H19NO. The number of hydrogen-bond acceptors (Lipinski definition) is 2. The molecule has 0 aliphatic heterocycles. The highest BCUT2D eigenvalue weighted by atomic mass is 16.5. The molecule has 16 heavy (non-hydrogen) atoms. The summed E-state index contributed by atoms with van der Waals surface area (Å²) in [5.41, 5.74) is 9.91. The summed E-state index contributed by atoms with van der Waals surface area (Å²) in [6.07, 6.45) is 3.30. The van der Waals surface area contributed by atoms with E-state index in [0.29, 0.717) is 6.54 Å². The Morgan fingerprint density at radius 3 is 2.75 bits per heavy atom. The lowest BCUT2D eigenvalue weighted by atomic mass is 9.81. The van der Waals surface area contributed by atoms with Crippen molar-refractivity contribution in [1.82, 2.24) is 0 Å². The zero-order chi connectivity index (χ0) is 11.8. The number of hydrogen-bond donors (Lipinski definition) is 1. The van der Waals surface area contributed by atoms with Crippen LogP contribution in [0.5, 0.6) is 5.75 Å². The van der Waals surface area contributed by atoms with Gasteiger partial charge in [0.1, 0.15) is 5.75 Å². The Morgan fingerprint density at radius 2 is 2.12 bits per heavy atom. The van der Waals surface area contributed by atoms with Crippen LogP contribution in [0.1, 0.15) is 25.0 Å². The van der Waals surface area contributed by atoms with Gasteiger partial charge >= 0.3 is 0 Å². The van der Waals surface area contributed by atoms with Crippen LogP contribution in [0.2, 0.25) is 0 Å². The van der Waals surface area contributed by atoms with Gasteiger partial charge in [0, 0.05) is 12.0 Å². The van der Waals surface area contributed by atoms with Gasteiger partial charge in [-0.15, -0.1) is 0 Å². The van der Waals surface area contributed by atoms with Crippen molar-refractivity contribution in [3.8, 4) is 5.75 Å². The van der Waals surface area contributed by atoms with Crippen LogP contribution in [-0.4, -0.2) is 13.7 Å². The van der Waals surface area contributed by atoms with E-state index in [-0.39, 0.29) is 5.41 Å². The predicted molar refractivity (Wildman–Crippen MR) is 67.5 cm³/mol. The molecule has 1 aliphatic rings. The zero-order valence-corrected chi connectivity index (χ0v) is 10.2. The molecule has 0 bridgehead atoms. The van der Waals surface area contributed by atoms with Gasteiger partial charge in [-0.2, -0.15) is 0 Å². The summed E-state index contributed by atoms with van der Waals surface area (Å²) in [6, 6.07) is 6.28. The number of fused-ring (bicyclic) bond motifs is 1. The minimum atomic E-state index is 0.0393. The fourth-order valence-corrected chi connectivity index (χ4v) is 2.18. The summed E-state index contributed by atoms with van der Waals surface area (Å²) in [6.45, 7) is 5.04. The van der Waals surface area contributed by atoms with E-state index in [2.05, 4.69) is 32.1 Å². The molecule has 2 rings (SSSR count). The third kappa shape index (κ3) is 1.74. The summed E-state index contributed by atoms with van der Waals surface area (Å²) < 4.78 is 5.28. The largest absolute Gasteiger partial charge is 0.497 e.